The Labute approximate surface area is 68.9 Å². The zero-order valence-corrected chi connectivity index (χ0v) is 7.67. The van der Waals surface area contributed by atoms with Gasteiger partial charge in [0.2, 0.25) is 0 Å². The molecule has 0 aliphatic rings. The molecular weight excluding hydrogens is 140 g/mol. The zero-order valence-electron chi connectivity index (χ0n) is 7.67. The van der Waals surface area contributed by atoms with Crippen LogP contribution < -0.4 is 0 Å². The molecule has 2 nitrogen and oxygen atoms in total. The monoisotopic (exact) mass is 158 g/mol. The minimum atomic E-state index is -0.185. The molecule has 0 rings (SSSR count). The first-order chi connectivity index (χ1) is 5.24. The van der Waals surface area contributed by atoms with Gasteiger partial charge in [-0.15, -0.1) is 0 Å². The molecular formula is C9H18O2. The van der Waals surface area contributed by atoms with E-state index in [1.807, 2.05) is 6.92 Å². The fourth-order valence-electron chi connectivity index (χ4n) is 0.847. The van der Waals surface area contributed by atoms with Gasteiger partial charge in [0.05, 0.1) is 6.10 Å². The van der Waals surface area contributed by atoms with Gasteiger partial charge in [-0.3, -0.25) is 0 Å². The molecule has 0 spiro atoms. The first-order valence-electron chi connectivity index (χ1n) is 4.35. The Kier molecular flexibility index (Phi) is 6.13. The van der Waals surface area contributed by atoms with E-state index >= 15 is 0 Å². The maximum Gasteiger partial charge on any atom is 0.148 e. The number of hydrogen-bond donors (Lipinski definition) is 0. The second-order valence-corrected chi connectivity index (χ2v) is 2.82. The number of rotatable bonds is 6. The fourth-order valence-corrected chi connectivity index (χ4v) is 0.847. The van der Waals surface area contributed by atoms with Gasteiger partial charge in [0.1, 0.15) is 12.4 Å². The van der Waals surface area contributed by atoms with Crippen LogP contribution in [0, 0.1) is 0 Å². The lowest BCUT2D eigenvalue weighted by molar-refractivity contribution is -0.121. The topological polar surface area (TPSA) is 26.3 Å². The van der Waals surface area contributed by atoms with Gasteiger partial charge in [-0.1, -0.05) is 20.3 Å². The van der Waals surface area contributed by atoms with Crippen LogP contribution >= 0.6 is 0 Å². The average Bonchev–Trinajstić information content (AvgIpc) is 2.03. The number of carbonyl (C=O) groups excluding carboxylic acids is 1. The fraction of sp³-hybridized carbons (Fsp3) is 0.889. The molecule has 0 radical (unpaired) electrons. The van der Waals surface area contributed by atoms with E-state index in [1.165, 1.54) is 0 Å². The normalized spacial score (nSPS) is 15.9. The van der Waals surface area contributed by atoms with Crippen LogP contribution in [0.4, 0.5) is 0 Å². The van der Waals surface area contributed by atoms with Crippen LogP contribution in [0.15, 0.2) is 0 Å². The third kappa shape index (κ3) is 4.96. The summed E-state index contributed by atoms with van der Waals surface area (Å²) in [5, 5.41) is 0. The van der Waals surface area contributed by atoms with Crippen molar-refractivity contribution in [2.75, 3.05) is 0 Å². The number of aldehydes is 1. The van der Waals surface area contributed by atoms with Gasteiger partial charge in [0, 0.05) is 0 Å². The molecule has 0 aromatic rings. The van der Waals surface area contributed by atoms with Crippen LogP contribution in [0.5, 0.6) is 0 Å². The highest BCUT2D eigenvalue weighted by atomic mass is 16.5. The molecule has 0 saturated carbocycles. The lowest BCUT2D eigenvalue weighted by Crippen LogP contribution is -2.20. The molecule has 0 amide bonds. The Morgan fingerprint density at radius 2 is 2.09 bits per heavy atom. The van der Waals surface area contributed by atoms with Crippen molar-refractivity contribution in [3.8, 4) is 0 Å². The van der Waals surface area contributed by atoms with Gasteiger partial charge < -0.3 is 9.53 Å². The van der Waals surface area contributed by atoms with Crippen LogP contribution in [-0.2, 0) is 9.53 Å². The molecule has 0 heterocycles. The largest absolute Gasteiger partial charge is 0.368 e. The smallest absolute Gasteiger partial charge is 0.148 e. The number of ether oxygens (including phenoxy) is 1. The van der Waals surface area contributed by atoms with Crippen molar-refractivity contribution in [1.82, 2.24) is 0 Å². The van der Waals surface area contributed by atoms with Crippen molar-refractivity contribution in [1.29, 1.82) is 0 Å². The minimum Gasteiger partial charge on any atom is -0.368 e. The summed E-state index contributed by atoms with van der Waals surface area (Å²) in [4.78, 5) is 10.4. The summed E-state index contributed by atoms with van der Waals surface area (Å²) < 4.78 is 5.42. The highest BCUT2D eigenvalue weighted by Gasteiger charge is 2.09. The maximum absolute atomic E-state index is 10.4. The minimum absolute atomic E-state index is 0.185. The Balaban J connectivity index is 3.58. The summed E-state index contributed by atoms with van der Waals surface area (Å²) in [5.74, 6) is 0. The average molecular weight is 158 g/mol. The highest BCUT2D eigenvalue weighted by molar-refractivity contribution is 5.55. The Morgan fingerprint density at radius 1 is 1.45 bits per heavy atom. The molecule has 2 heteroatoms. The van der Waals surface area contributed by atoms with E-state index in [1.54, 1.807) is 0 Å². The van der Waals surface area contributed by atoms with E-state index < -0.39 is 0 Å². The predicted molar refractivity (Wildman–Crippen MR) is 45.6 cm³/mol. The zero-order chi connectivity index (χ0) is 8.69. The van der Waals surface area contributed by atoms with E-state index in [9.17, 15) is 4.79 Å². The van der Waals surface area contributed by atoms with Crippen LogP contribution in [0.3, 0.4) is 0 Å². The first kappa shape index (κ1) is 10.6. The maximum atomic E-state index is 10.4. The molecule has 2 atom stereocenters. The third-order valence-electron chi connectivity index (χ3n) is 1.71. The summed E-state index contributed by atoms with van der Waals surface area (Å²) >= 11 is 0. The van der Waals surface area contributed by atoms with Gasteiger partial charge in [-0.05, 0) is 19.8 Å². The molecule has 0 N–H and O–H groups in total. The molecule has 0 fully saturated rings. The third-order valence-corrected chi connectivity index (χ3v) is 1.71. The van der Waals surface area contributed by atoms with E-state index in [0.717, 1.165) is 25.5 Å². The standard InChI is InChI=1S/C9H18O2/c1-4-6-9(7-10)11-8(3)5-2/h7-9H,4-6H2,1-3H3. The van der Waals surface area contributed by atoms with Gasteiger partial charge in [-0.2, -0.15) is 0 Å². The summed E-state index contributed by atoms with van der Waals surface area (Å²) in [7, 11) is 0. The van der Waals surface area contributed by atoms with Crippen molar-refractivity contribution in [2.24, 2.45) is 0 Å². The van der Waals surface area contributed by atoms with Crippen molar-refractivity contribution >= 4 is 6.29 Å². The lowest BCUT2D eigenvalue weighted by Gasteiger charge is -2.15. The Bertz CT molecular complexity index is 102. The molecule has 0 saturated heterocycles. The van der Waals surface area contributed by atoms with E-state index in [2.05, 4.69) is 13.8 Å². The van der Waals surface area contributed by atoms with E-state index in [0.29, 0.717) is 0 Å². The van der Waals surface area contributed by atoms with Crippen LogP contribution in [-0.4, -0.2) is 18.5 Å². The molecule has 0 bridgehead atoms. The van der Waals surface area contributed by atoms with Crippen LogP contribution in [0.1, 0.15) is 40.0 Å². The van der Waals surface area contributed by atoms with Crippen LogP contribution in [0.2, 0.25) is 0 Å². The summed E-state index contributed by atoms with van der Waals surface area (Å²) in [5.41, 5.74) is 0. The number of carbonyl (C=O) groups is 1. The van der Waals surface area contributed by atoms with Crippen molar-refractivity contribution in [2.45, 2.75) is 52.2 Å². The van der Waals surface area contributed by atoms with E-state index in [-0.39, 0.29) is 12.2 Å². The molecule has 0 aliphatic heterocycles. The molecule has 0 aromatic carbocycles. The van der Waals surface area contributed by atoms with Crippen molar-refractivity contribution < 1.29 is 9.53 Å². The summed E-state index contributed by atoms with van der Waals surface area (Å²) in [6, 6.07) is 0. The first-order valence-corrected chi connectivity index (χ1v) is 4.35. The summed E-state index contributed by atoms with van der Waals surface area (Å²) in [6.45, 7) is 6.10. The van der Waals surface area contributed by atoms with Crippen molar-refractivity contribution in [3.05, 3.63) is 0 Å². The SMILES string of the molecule is CCCC(C=O)OC(C)CC. The predicted octanol–water partition coefficient (Wildman–Crippen LogP) is 2.17. The van der Waals surface area contributed by atoms with Gasteiger partial charge in [0.25, 0.3) is 0 Å². The highest BCUT2D eigenvalue weighted by Crippen LogP contribution is 2.05. The lowest BCUT2D eigenvalue weighted by atomic mass is 10.2. The second-order valence-electron chi connectivity index (χ2n) is 2.82. The molecule has 0 aromatic heterocycles. The van der Waals surface area contributed by atoms with Crippen LogP contribution in [0.25, 0.3) is 0 Å². The van der Waals surface area contributed by atoms with Gasteiger partial charge in [0.15, 0.2) is 0 Å². The summed E-state index contributed by atoms with van der Waals surface area (Å²) in [6.07, 6.45) is 3.73. The Morgan fingerprint density at radius 3 is 2.45 bits per heavy atom. The Hall–Kier alpha value is -0.370. The quantitative estimate of drug-likeness (QED) is 0.554. The molecule has 11 heavy (non-hydrogen) atoms. The van der Waals surface area contributed by atoms with Gasteiger partial charge >= 0.3 is 0 Å². The second kappa shape index (κ2) is 6.35. The van der Waals surface area contributed by atoms with Gasteiger partial charge in [-0.25, -0.2) is 0 Å². The van der Waals surface area contributed by atoms with Crippen molar-refractivity contribution in [3.63, 3.8) is 0 Å². The number of hydrogen-bond acceptors (Lipinski definition) is 2. The molecule has 66 valence electrons. The molecule has 0 aliphatic carbocycles. The molecule has 2 unspecified atom stereocenters. The van der Waals surface area contributed by atoms with E-state index in [4.69, 9.17) is 4.74 Å².